The molecule has 1 amide bonds. The largest absolute Gasteiger partial charge is 0.462 e. The van der Waals surface area contributed by atoms with Gasteiger partial charge in [0.05, 0.1) is 19.2 Å². The number of thiophene rings is 1. The number of ether oxygens (including phenoxy) is 1. The first kappa shape index (κ1) is 20.6. The molecule has 0 aliphatic heterocycles. The van der Waals surface area contributed by atoms with Gasteiger partial charge in [-0.05, 0) is 26.5 Å². The fourth-order valence-corrected chi connectivity index (χ4v) is 3.51. The van der Waals surface area contributed by atoms with E-state index in [-0.39, 0.29) is 19.1 Å². The summed E-state index contributed by atoms with van der Waals surface area (Å²) in [5.74, 6) is -0.694. The normalized spacial score (nSPS) is 10.5. The molecule has 0 aliphatic carbocycles. The fraction of sp³-hybridized carbons (Fsp3) is 0.350. The highest BCUT2D eigenvalue weighted by Crippen LogP contribution is 2.36. The van der Waals surface area contributed by atoms with Crippen molar-refractivity contribution in [3.05, 3.63) is 40.8 Å². The zero-order valence-electron chi connectivity index (χ0n) is 15.7. The molecule has 0 bridgehead atoms. The Morgan fingerprint density at radius 3 is 2.63 bits per heavy atom. The average Bonchev–Trinajstić information content (AvgIpc) is 3.04. The van der Waals surface area contributed by atoms with Gasteiger partial charge < -0.3 is 10.1 Å². The van der Waals surface area contributed by atoms with Crippen LogP contribution < -0.4 is 5.32 Å². The molecular weight excluding hydrogens is 362 g/mol. The van der Waals surface area contributed by atoms with Crippen LogP contribution in [0.3, 0.4) is 0 Å². The molecule has 0 radical (unpaired) electrons. The second-order valence-electron chi connectivity index (χ2n) is 6.13. The van der Waals surface area contributed by atoms with Crippen LogP contribution in [0.15, 0.2) is 29.6 Å². The number of benzene rings is 1. The van der Waals surface area contributed by atoms with Crippen LogP contribution in [0.4, 0.5) is 5.00 Å². The molecule has 0 atom stereocenters. The van der Waals surface area contributed by atoms with Crippen LogP contribution in [-0.4, -0.2) is 43.5 Å². The molecule has 1 heterocycles. The molecule has 1 aromatic heterocycles. The van der Waals surface area contributed by atoms with Crippen LogP contribution in [-0.2, 0) is 9.53 Å². The number of aryl methyl sites for hydroxylation is 1. The Morgan fingerprint density at radius 2 is 2.00 bits per heavy atom. The topological polar surface area (TPSA) is 82.4 Å². The molecule has 0 saturated heterocycles. The van der Waals surface area contributed by atoms with Crippen LogP contribution in [0.1, 0.15) is 29.3 Å². The summed E-state index contributed by atoms with van der Waals surface area (Å²) in [6.45, 7) is 4.65. The van der Waals surface area contributed by atoms with Crippen LogP contribution in [0, 0.1) is 18.3 Å². The van der Waals surface area contributed by atoms with Crippen LogP contribution >= 0.6 is 11.3 Å². The van der Waals surface area contributed by atoms with Crippen molar-refractivity contribution in [3.63, 3.8) is 0 Å². The molecule has 0 aliphatic rings. The van der Waals surface area contributed by atoms with E-state index < -0.39 is 5.97 Å². The van der Waals surface area contributed by atoms with Crippen LogP contribution in [0.5, 0.6) is 0 Å². The number of rotatable bonds is 8. The summed E-state index contributed by atoms with van der Waals surface area (Å²) >= 11 is 1.30. The van der Waals surface area contributed by atoms with Gasteiger partial charge in [0, 0.05) is 23.9 Å². The number of carbonyl (C=O) groups excluding carboxylic acids is 2. The number of amides is 1. The second-order valence-corrected chi connectivity index (χ2v) is 7.01. The predicted octanol–water partition coefficient (Wildman–Crippen LogP) is 3.68. The van der Waals surface area contributed by atoms with E-state index in [9.17, 15) is 9.59 Å². The first-order valence-corrected chi connectivity index (χ1v) is 9.55. The molecule has 0 saturated carbocycles. The van der Waals surface area contributed by atoms with Crippen molar-refractivity contribution in [1.29, 1.82) is 5.26 Å². The summed E-state index contributed by atoms with van der Waals surface area (Å²) in [4.78, 5) is 26.6. The van der Waals surface area contributed by atoms with Crippen LogP contribution in [0.2, 0.25) is 0 Å². The first-order chi connectivity index (χ1) is 13.0. The molecule has 2 aromatic rings. The van der Waals surface area contributed by atoms with Crippen molar-refractivity contribution in [1.82, 2.24) is 4.90 Å². The first-order valence-electron chi connectivity index (χ1n) is 8.67. The standard InChI is InChI=1S/C20H23N3O3S/c1-4-26-20(25)18-16(15-8-6-14(2)7-9-15)13-27-19(18)22-17(24)12-23(3)11-5-10-21/h6-9,13H,4-5,11-12H2,1-3H3,(H,22,24). The van der Waals surface area contributed by atoms with Crippen molar-refractivity contribution in [2.24, 2.45) is 0 Å². The monoisotopic (exact) mass is 385 g/mol. The Hall–Kier alpha value is -2.69. The minimum absolute atomic E-state index is 0.141. The SMILES string of the molecule is CCOC(=O)c1c(-c2ccc(C)cc2)csc1NC(=O)CN(C)CCC#N. The lowest BCUT2D eigenvalue weighted by Crippen LogP contribution is -2.31. The van der Waals surface area contributed by atoms with Crippen molar-refractivity contribution >= 4 is 28.2 Å². The number of hydrogen-bond donors (Lipinski definition) is 1. The minimum Gasteiger partial charge on any atom is -0.462 e. The van der Waals surface area contributed by atoms with Gasteiger partial charge in [0.25, 0.3) is 0 Å². The molecule has 2 rings (SSSR count). The number of nitrogens with one attached hydrogen (secondary N) is 1. The maximum atomic E-state index is 12.5. The van der Waals surface area contributed by atoms with Gasteiger partial charge in [-0.15, -0.1) is 11.3 Å². The van der Waals surface area contributed by atoms with Gasteiger partial charge in [0.15, 0.2) is 0 Å². The third-order valence-corrected chi connectivity index (χ3v) is 4.80. The van der Waals surface area contributed by atoms with Gasteiger partial charge in [-0.3, -0.25) is 9.69 Å². The van der Waals surface area contributed by atoms with Gasteiger partial charge in [-0.2, -0.15) is 5.26 Å². The summed E-state index contributed by atoms with van der Waals surface area (Å²) in [7, 11) is 1.77. The average molecular weight is 385 g/mol. The number of nitrogens with zero attached hydrogens (tertiary/aromatic N) is 2. The number of esters is 1. The molecule has 7 heteroatoms. The summed E-state index contributed by atoms with van der Waals surface area (Å²) in [6, 6.07) is 9.90. The third-order valence-electron chi connectivity index (χ3n) is 3.90. The number of carbonyl (C=O) groups is 2. The van der Waals surface area contributed by atoms with Gasteiger partial charge >= 0.3 is 5.97 Å². The lowest BCUT2D eigenvalue weighted by Gasteiger charge is -2.14. The predicted molar refractivity (Wildman–Crippen MR) is 107 cm³/mol. The zero-order valence-corrected chi connectivity index (χ0v) is 16.6. The molecule has 142 valence electrons. The summed E-state index contributed by atoms with van der Waals surface area (Å²) in [5, 5.41) is 13.8. The quantitative estimate of drug-likeness (QED) is 0.701. The molecule has 0 spiro atoms. The Bertz CT molecular complexity index is 837. The lowest BCUT2D eigenvalue weighted by molar-refractivity contribution is -0.117. The summed E-state index contributed by atoms with van der Waals surface area (Å²) in [6.07, 6.45) is 0.356. The molecule has 0 fully saturated rings. The van der Waals surface area contributed by atoms with E-state index in [1.807, 2.05) is 36.6 Å². The van der Waals surface area contributed by atoms with E-state index in [0.717, 1.165) is 16.7 Å². The van der Waals surface area contributed by atoms with Gasteiger partial charge in [-0.25, -0.2) is 4.79 Å². The molecule has 1 N–H and O–H groups in total. The van der Waals surface area contributed by atoms with Gasteiger partial charge in [-0.1, -0.05) is 29.8 Å². The fourth-order valence-electron chi connectivity index (χ4n) is 2.53. The van der Waals surface area contributed by atoms with E-state index >= 15 is 0 Å². The molecule has 1 aromatic carbocycles. The molecular formula is C20H23N3O3S. The summed E-state index contributed by atoms with van der Waals surface area (Å²) in [5.41, 5.74) is 3.14. The molecule has 0 unspecified atom stereocenters. The molecule has 6 nitrogen and oxygen atoms in total. The van der Waals surface area contributed by atoms with E-state index in [2.05, 4.69) is 11.4 Å². The highest BCUT2D eigenvalue weighted by Gasteiger charge is 2.23. The maximum absolute atomic E-state index is 12.5. The van der Waals surface area contributed by atoms with Crippen molar-refractivity contribution < 1.29 is 14.3 Å². The van der Waals surface area contributed by atoms with Gasteiger partial charge in [0.1, 0.15) is 10.6 Å². The Kier molecular flexibility index (Phi) is 7.53. The van der Waals surface area contributed by atoms with Gasteiger partial charge in [0.2, 0.25) is 5.91 Å². The van der Waals surface area contributed by atoms with E-state index in [4.69, 9.17) is 10.00 Å². The Balaban J connectivity index is 2.25. The van der Waals surface area contributed by atoms with E-state index in [0.29, 0.717) is 23.5 Å². The van der Waals surface area contributed by atoms with Crippen LogP contribution in [0.25, 0.3) is 11.1 Å². The highest BCUT2D eigenvalue weighted by molar-refractivity contribution is 7.15. The van der Waals surface area contributed by atoms with Crippen molar-refractivity contribution in [2.45, 2.75) is 20.3 Å². The van der Waals surface area contributed by atoms with Crippen molar-refractivity contribution in [3.8, 4) is 17.2 Å². The van der Waals surface area contributed by atoms with Crippen molar-refractivity contribution in [2.75, 3.05) is 32.1 Å². The second kappa shape index (κ2) is 9.86. The number of hydrogen-bond acceptors (Lipinski definition) is 6. The Morgan fingerprint density at radius 1 is 1.30 bits per heavy atom. The third kappa shape index (κ3) is 5.64. The minimum atomic E-state index is -0.456. The zero-order chi connectivity index (χ0) is 19.8. The smallest absolute Gasteiger partial charge is 0.341 e. The molecule has 27 heavy (non-hydrogen) atoms. The van der Waals surface area contributed by atoms with E-state index in [1.54, 1.807) is 18.9 Å². The number of likely N-dealkylation sites (N-methyl/N-ethyl adjacent to an activating group) is 1. The lowest BCUT2D eigenvalue weighted by atomic mass is 10.0. The van der Waals surface area contributed by atoms with E-state index in [1.165, 1.54) is 11.3 Å². The number of nitriles is 1. The Labute approximate surface area is 163 Å². The summed E-state index contributed by atoms with van der Waals surface area (Å²) < 4.78 is 5.20. The number of anilines is 1. The highest BCUT2D eigenvalue weighted by atomic mass is 32.1. The maximum Gasteiger partial charge on any atom is 0.341 e.